The lowest BCUT2D eigenvalue weighted by Gasteiger charge is -2.07. The molecule has 1 aliphatic heterocycles. The summed E-state index contributed by atoms with van der Waals surface area (Å²) in [6, 6.07) is 3.64. The minimum atomic E-state index is -0.308. The molecule has 18 heavy (non-hydrogen) atoms. The fourth-order valence-corrected chi connectivity index (χ4v) is 1.50. The lowest BCUT2D eigenvalue weighted by Crippen LogP contribution is -2.24. The Morgan fingerprint density at radius 1 is 1.50 bits per heavy atom. The second kappa shape index (κ2) is 5.12. The van der Waals surface area contributed by atoms with Crippen molar-refractivity contribution in [1.82, 2.24) is 10.3 Å². The van der Waals surface area contributed by atoms with E-state index >= 15 is 0 Å². The number of rotatable bonds is 6. The molecule has 0 fully saturated rings. The lowest BCUT2D eigenvalue weighted by atomic mass is 10.1. The molecule has 0 bridgehead atoms. The first-order valence-corrected chi connectivity index (χ1v) is 5.81. The molecule has 0 aromatic carbocycles. The average molecular weight is 248 g/mol. The smallest absolute Gasteiger partial charge is 0.220 e. The van der Waals surface area contributed by atoms with Crippen LogP contribution in [0.1, 0.15) is 25.3 Å². The Kier molecular flexibility index (Phi) is 3.55. The third-order valence-corrected chi connectivity index (χ3v) is 2.77. The van der Waals surface area contributed by atoms with Crippen LogP contribution in [0.2, 0.25) is 0 Å². The van der Waals surface area contributed by atoms with Gasteiger partial charge in [0.25, 0.3) is 0 Å². The maximum atomic E-state index is 11.6. The maximum absolute atomic E-state index is 11.6. The van der Waals surface area contributed by atoms with Gasteiger partial charge in [0.05, 0.1) is 7.11 Å². The van der Waals surface area contributed by atoms with Crippen LogP contribution in [-0.4, -0.2) is 23.7 Å². The van der Waals surface area contributed by atoms with Crippen LogP contribution in [0, 0.1) is 0 Å². The number of hydrogen-bond donors (Lipinski definition) is 1. The number of pyridine rings is 1. The Balaban J connectivity index is 1.74. The quantitative estimate of drug-likeness (QED) is 0.831. The number of carbonyl (C=O) groups excluding carboxylic acids is 1. The fraction of sp³-hybridized carbons (Fsp3) is 0.500. The van der Waals surface area contributed by atoms with Gasteiger partial charge in [0.2, 0.25) is 11.8 Å². The number of ether oxygens (including phenoxy) is 1. The molecule has 1 amide bonds. The SMILES string of the molecule is COc1cc(CNC(=O)CCC2(C)N=N2)ccn1. The third-order valence-electron chi connectivity index (χ3n) is 2.77. The Morgan fingerprint density at radius 3 is 2.94 bits per heavy atom. The van der Waals surface area contributed by atoms with E-state index in [1.54, 1.807) is 19.4 Å². The zero-order valence-corrected chi connectivity index (χ0v) is 10.5. The van der Waals surface area contributed by atoms with Gasteiger partial charge in [-0.2, -0.15) is 10.2 Å². The van der Waals surface area contributed by atoms with Crippen molar-refractivity contribution in [2.24, 2.45) is 10.2 Å². The largest absolute Gasteiger partial charge is 0.481 e. The van der Waals surface area contributed by atoms with Crippen LogP contribution in [-0.2, 0) is 11.3 Å². The summed E-state index contributed by atoms with van der Waals surface area (Å²) < 4.78 is 5.01. The second-order valence-electron chi connectivity index (χ2n) is 4.40. The van der Waals surface area contributed by atoms with Gasteiger partial charge in [-0.05, 0) is 18.6 Å². The van der Waals surface area contributed by atoms with Gasteiger partial charge in [-0.3, -0.25) is 4.79 Å². The summed E-state index contributed by atoms with van der Waals surface area (Å²) in [7, 11) is 1.56. The third kappa shape index (κ3) is 3.51. The minimum Gasteiger partial charge on any atom is -0.481 e. The van der Waals surface area contributed by atoms with Gasteiger partial charge >= 0.3 is 0 Å². The van der Waals surface area contributed by atoms with Crippen LogP contribution in [0.5, 0.6) is 5.88 Å². The van der Waals surface area contributed by atoms with Crippen LogP contribution in [0.15, 0.2) is 28.6 Å². The van der Waals surface area contributed by atoms with Crippen molar-refractivity contribution in [2.75, 3.05) is 7.11 Å². The highest BCUT2D eigenvalue weighted by Crippen LogP contribution is 2.31. The molecule has 0 atom stereocenters. The summed E-state index contributed by atoms with van der Waals surface area (Å²) >= 11 is 0. The Morgan fingerprint density at radius 2 is 2.28 bits per heavy atom. The maximum Gasteiger partial charge on any atom is 0.220 e. The van der Waals surface area contributed by atoms with E-state index < -0.39 is 0 Å². The molecule has 1 aromatic rings. The summed E-state index contributed by atoms with van der Waals surface area (Å²) in [5.41, 5.74) is 0.652. The van der Waals surface area contributed by atoms with E-state index in [0.717, 1.165) is 5.56 Å². The average Bonchev–Trinajstić information content (AvgIpc) is 3.13. The minimum absolute atomic E-state index is 0.00399. The summed E-state index contributed by atoms with van der Waals surface area (Å²) in [6.45, 7) is 2.39. The van der Waals surface area contributed by atoms with E-state index in [9.17, 15) is 4.79 Å². The van der Waals surface area contributed by atoms with Crippen LogP contribution >= 0.6 is 0 Å². The lowest BCUT2D eigenvalue weighted by molar-refractivity contribution is -0.121. The van der Waals surface area contributed by atoms with Gasteiger partial charge in [-0.15, -0.1) is 0 Å². The Labute approximate surface area is 105 Å². The van der Waals surface area contributed by atoms with Crippen LogP contribution in [0.25, 0.3) is 0 Å². The van der Waals surface area contributed by atoms with Gasteiger partial charge in [-0.1, -0.05) is 0 Å². The molecule has 0 saturated heterocycles. The van der Waals surface area contributed by atoms with Crippen molar-refractivity contribution < 1.29 is 9.53 Å². The zero-order chi connectivity index (χ0) is 13.0. The molecule has 96 valence electrons. The molecular weight excluding hydrogens is 232 g/mol. The first-order valence-electron chi connectivity index (χ1n) is 5.81. The van der Waals surface area contributed by atoms with E-state index in [0.29, 0.717) is 25.3 Å². The molecule has 1 N–H and O–H groups in total. The van der Waals surface area contributed by atoms with Gasteiger partial charge in [0, 0.05) is 31.6 Å². The summed E-state index contributed by atoms with van der Waals surface area (Å²) in [6.07, 6.45) is 2.76. The van der Waals surface area contributed by atoms with E-state index in [-0.39, 0.29) is 11.6 Å². The van der Waals surface area contributed by atoms with Crippen molar-refractivity contribution in [3.63, 3.8) is 0 Å². The highest BCUT2D eigenvalue weighted by atomic mass is 16.5. The first kappa shape index (κ1) is 12.5. The predicted molar refractivity (Wildman–Crippen MR) is 65.1 cm³/mol. The van der Waals surface area contributed by atoms with Crippen LogP contribution in [0.4, 0.5) is 0 Å². The zero-order valence-electron chi connectivity index (χ0n) is 10.5. The van der Waals surface area contributed by atoms with Crippen LogP contribution < -0.4 is 10.1 Å². The highest BCUT2D eigenvalue weighted by molar-refractivity contribution is 5.76. The topological polar surface area (TPSA) is 75.9 Å². The molecule has 1 aliphatic rings. The molecule has 0 spiro atoms. The van der Waals surface area contributed by atoms with Crippen LogP contribution in [0.3, 0.4) is 0 Å². The van der Waals surface area contributed by atoms with E-state index in [1.165, 1.54) is 0 Å². The van der Waals surface area contributed by atoms with Crippen molar-refractivity contribution in [2.45, 2.75) is 32.0 Å². The molecule has 6 heteroatoms. The number of hydrogen-bond acceptors (Lipinski definition) is 5. The molecule has 0 aliphatic carbocycles. The molecule has 2 heterocycles. The molecule has 0 radical (unpaired) electrons. The normalized spacial score (nSPS) is 15.2. The number of nitrogens with one attached hydrogen (secondary N) is 1. The van der Waals surface area contributed by atoms with Gasteiger partial charge < -0.3 is 10.1 Å². The predicted octanol–water partition coefficient (Wildman–Crippen LogP) is 1.67. The van der Waals surface area contributed by atoms with Crippen molar-refractivity contribution >= 4 is 5.91 Å². The number of methoxy groups -OCH3 is 1. The number of amides is 1. The van der Waals surface area contributed by atoms with Crippen molar-refractivity contribution in [3.05, 3.63) is 23.9 Å². The van der Waals surface area contributed by atoms with Gasteiger partial charge in [0.15, 0.2) is 5.66 Å². The molecule has 0 saturated carbocycles. The molecule has 0 unspecified atom stereocenters. The highest BCUT2D eigenvalue weighted by Gasteiger charge is 2.33. The Hall–Kier alpha value is -1.98. The van der Waals surface area contributed by atoms with E-state index in [1.807, 2.05) is 13.0 Å². The number of aromatic nitrogens is 1. The standard InChI is InChI=1S/C12H16N4O2/c1-12(15-16-12)5-3-10(17)14-8-9-4-6-13-11(7-9)18-2/h4,6-7H,3,5,8H2,1-2H3,(H,14,17). The van der Waals surface area contributed by atoms with Gasteiger partial charge in [-0.25, -0.2) is 4.98 Å². The van der Waals surface area contributed by atoms with Crippen molar-refractivity contribution in [1.29, 1.82) is 0 Å². The molecular formula is C12H16N4O2. The van der Waals surface area contributed by atoms with Crippen molar-refractivity contribution in [3.8, 4) is 5.88 Å². The summed E-state index contributed by atoms with van der Waals surface area (Å²) in [5.74, 6) is 0.550. The van der Waals surface area contributed by atoms with E-state index in [4.69, 9.17) is 4.74 Å². The number of carbonyl (C=O) groups is 1. The fourth-order valence-electron chi connectivity index (χ4n) is 1.50. The summed E-state index contributed by atoms with van der Waals surface area (Å²) in [4.78, 5) is 15.6. The van der Waals surface area contributed by atoms with Gasteiger partial charge in [0.1, 0.15) is 0 Å². The Bertz CT molecular complexity index is 467. The monoisotopic (exact) mass is 248 g/mol. The molecule has 1 aromatic heterocycles. The number of nitrogens with zero attached hydrogens (tertiary/aromatic N) is 3. The first-order chi connectivity index (χ1) is 8.61. The summed E-state index contributed by atoms with van der Waals surface area (Å²) in [5, 5.41) is 10.6. The molecule has 6 nitrogen and oxygen atoms in total. The molecule has 2 rings (SSSR count). The van der Waals surface area contributed by atoms with E-state index in [2.05, 4.69) is 20.5 Å². The second-order valence-corrected chi connectivity index (χ2v) is 4.40.